The van der Waals surface area contributed by atoms with Crippen molar-refractivity contribution in [2.75, 3.05) is 0 Å². The summed E-state index contributed by atoms with van der Waals surface area (Å²) in [5.74, 6) is 2.28. The van der Waals surface area contributed by atoms with E-state index in [-0.39, 0.29) is 0 Å². The van der Waals surface area contributed by atoms with Gasteiger partial charge in [-0.15, -0.1) is 0 Å². The molecule has 0 spiro atoms. The van der Waals surface area contributed by atoms with Crippen LogP contribution in [0.4, 0.5) is 0 Å². The van der Waals surface area contributed by atoms with Gasteiger partial charge < -0.3 is 4.42 Å². The summed E-state index contributed by atoms with van der Waals surface area (Å²) >= 11 is 0. The fourth-order valence-electron chi connectivity index (χ4n) is 3.23. The fourth-order valence-corrected chi connectivity index (χ4v) is 3.23. The largest absolute Gasteiger partial charge is 0.438 e. The summed E-state index contributed by atoms with van der Waals surface area (Å²) in [6.45, 7) is 0. The summed E-state index contributed by atoms with van der Waals surface area (Å²) in [7, 11) is 0. The zero-order valence-electron chi connectivity index (χ0n) is 13.1. The predicted molar refractivity (Wildman–Crippen MR) is 88.1 cm³/mol. The van der Waals surface area contributed by atoms with Gasteiger partial charge in [-0.1, -0.05) is 12.1 Å². The number of rotatable bonds is 2. The van der Waals surface area contributed by atoms with E-state index in [9.17, 15) is 0 Å². The van der Waals surface area contributed by atoms with Crippen molar-refractivity contribution in [3.63, 3.8) is 0 Å². The molecule has 5 nitrogen and oxygen atoms in total. The van der Waals surface area contributed by atoms with Crippen molar-refractivity contribution in [2.45, 2.75) is 31.6 Å². The van der Waals surface area contributed by atoms with E-state index < -0.39 is 0 Å². The van der Waals surface area contributed by atoms with Crippen molar-refractivity contribution in [1.82, 2.24) is 15.0 Å². The molecule has 0 N–H and O–H groups in total. The Labute approximate surface area is 140 Å². The Morgan fingerprint density at radius 2 is 2.04 bits per heavy atom. The Bertz CT molecular complexity index is 895. The molecule has 3 aromatic rings. The minimum Gasteiger partial charge on any atom is -0.438 e. The summed E-state index contributed by atoms with van der Waals surface area (Å²) in [4.78, 5) is 13.0. The van der Waals surface area contributed by atoms with Gasteiger partial charge in [-0.05, 0) is 48.9 Å². The Kier molecular flexibility index (Phi) is 3.80. The van der Waals surface area contributed by atoms with Crippen molar-refractivity contribution in [3.8, 4) is 17.8 Å². The lowest BCUT2D eigenvalue weighted by Crippen LogP contribution is -2.01. The predicted octanol–water partition coefficient (Wildman–Crippen LogP) is 3.67. The van der Waals surface area contributed by atoms with Crippen molar-refractivity contribution in [3.05, 3.63) is 65.3 Å². The monoisotopic (exact) mass is 316 g/mol. The maximum atomic E-state index is 9.11. The molecule has 0 radical (unpaired) electrons. The molecular weight excluding hydrogens is 300 g/mol. The van der Waals surface area contributed by atoms with Crippen molar-refractivity contribution in [1.29, 1.82) is 5.26 Å². The number of nitrogens with zero attached hydrogens (tertiary/aromatic N) is 4. The lowest BCUT2D eigenvalue weighted by molar-refractivity contribution is 0.485. The van der Waals surface area contributed by atoms with Crippen LogP contribution in [0.15, 0.2) is 47.1 Å². The maximum Gasteiger partial charge on any atom is 0.265 e. The first-order valence-corrected chi connectivity index (χ1v) is 8.09. The van der Waals surface area contributed by atoms with Crippen LogP contribution in [0.1, 0.15) is 41.3 Å². The molecule has 1 atom stereocenters. The van der Waals surface area contributed by atoms with E-state index in [0.29, 0.717) is 23.2 Å². The zero-order chi connectivity index (χ0) is 16.4. The van der Waals surface area contributed by atoms with Crippen LogP contribution in [0.3, 0.4) is 0 Å². The molecule has 0 bridgehead atoms. The van der Waals surface area contributed by atoms with Crippen molar-refractivity contribution in [2.24, 2.45) is 0 Å². The number of aryl methyl sites for hydroxylation is 1. The summed E-state index contributed by atoms with van der Waals surface area (Å²) in [5.41, 5.74) is 2.90. The molecule has 0 saturated carbocycles. The summed E-state index contributed by atoms with van der Waals surface area (Å²) in [6, 6.07) is 11.8. The van der Waals surface area contributed by atoms with Gasteiger partial charge in [0.1, 0.15) is 5.76 Å². The molecule has 118 valence electrons. The summed E-state index contributed by atoms with van der Waals surface area (Å²) in [6.07, 6.45) is 7.19. The van der Waals surface area contributed by atoms with Gasteiger partial charge in [-0.25, -0.2) is 15.0 Å². The third kappa shape index (κ3) is 2.79. The molecule has 0 aliphatic heterocycles. The molecule has 1 aromatic carbocycles. The molecule has 0 fully saturated rings. The Morgan fingerprint density at radius 1 is 1.17 bits per heavy atom. The first-order valence-electron chi connectivity index (χ1n) is 8.09. The normalized spacial score (nSPS) is 16.9. The zero-order valence-corrected chi connectivity index (χ0v) is 13.1. The molecule has 2 aromatic heterocycles. The van der Waals surface area contributed by atoms with Gasteiger partial charge in [-0.3, -0.25) is 0 Å². The van der Waals surface area contributed by atoms with Crippen LogP contribution >= 0.6 is 0 Å². The highest BCUT2D eigenvalue weighted by Crippen LogP contribution is 2.33. The van der Waals surface area contributed by atoms with E-state index >= 15 is 0 Å². The van der Waals surface area contributed by atoms with E-state index in [2.05, 4.69) is 27.1 Å². The van der Waals surface area contributed by atoms with Crippen molar-refractivity contribution >= 4 is 0 Å². The number of hydrogen-bond donors (Lipinski definition) is 0. The van der Waals surface area contributed by atoms with Gasteiger partial charge in [0.15, 0.2) is 0 Å². The van der Waals surface area contributed by atoms with Gasteiger partial charge in [0.25, 0.3) is 5.89 Å². The third-order valence-electron chi connectivity index (χ3n) is 4.42. The van der Waals surface area contributed by atoms with Crippen LogP contribution in [-0.2, 0) is 12.8 Å². The second kappa shape index (κ2) is 6.25. The first kappa shape index (κ1) is 14.6. The summed E-state index contributed by atoms with van der Waals surface area (Å²) < 4.78 is 5.98. The number of aromatic nitrogens is 3. The van der Waals surface area contributed by atoms with Gasteiger partial charge in [0, 0.05) is 18.8 Å². The van der Waals surface area contributed by atoms with Gasteiger partial charge in [-0.2, -0.15) is 5.26 Å². The van der Waals surface area contributed by atoms with Crippen LogP contribution < -0.4 is 0 Å². The van der Waals surface area contributed by atoms with Crippen molar-refractivity contribution < 1.29 is 4.42 Å². The molecule has 5 heteroatoms. The highest BCUT2D eigenvalue weighted by molar-refractivity contribution is 5.42. The van der Waals surface area contributed by atoms with Gasteiger partial charge >= 0.3 is 0 Å². The van der Waals surface area contributed by atoms with Crippen LogP contribution in [0.25, 0.3) is 11.7 Å². The lowest BCUT2D eigenvalue weighted by Gasteiger charge is -2.14. The van der Waals surface area contributed by atoms with E-state index in [4.69, 9.17) is 9.68 Å². The molecule has 2 heterocycles. The van der Waals surface area contributed by atoms with E-state index in [1.165, 1.54) is 5.56 Å². The van der Waals surface area contributed by atoms with Crippen LogP contribution in [0.2, 0.25) is 0 Å². The second-order valence-electron chi connectivity index (χ2n) is 5.99. The minimum absolute atomic E-state index is 0.344. The Balaban J connectivity index is 1.65. The molecule has 1 unspecified atom stereocenters. The quantitative estimate of drug-likeness (QED) is 0.674. The molecule has 0 amide bonds. The molecule has 1 aliphatic carbocycles. The first-order chi connectivity index (χ1) is 11.8. The second-order valence-corrected chi connectivity index (χ2v) is 5.99. The molecule has 1 aliphatic rings. The number of nitriles is 1. The standard InChI is InChI=1S/C19H16N4O/c20-12-13-4-1-5-14(10-13)15-6-2-7-16-17(11-15)24-19(23-16)18-21-8-3-9-22-18/h1,3-5,8-10,15H,2,6-7,11H2. The Hall–Kier alpha value is -3.00. The molecular formula is C19H16N4O. The fraction of sp³-hybridized carbons (Fsp3) is 0.263. The molecule has 4 rings (SSSR count). The van der Waals surface area contributed by atoms with E-state index in [0.717, 1.165) is 37.1 Å². The third-order valence-corrected chi connectivity index (χ3v) is 4.42. The highest BCUT2D eigenvalue weighted by atomic mass is 16.4. The lowest BCUT2D eigenvalue weighted by atomic mass is 9.91. The molecule has 24 heavy (non-hydrogen) atoms. The topological polar surface area (TPSA) is 75.6 Å². The average Bonchev–Trinajstić information content (AvgIpc) is 2.94. The Morgan fingerprint density at radius 3 is 2.88 bits per heavy atom. The van der Waals surface area contributed by atoms with Crippen LogP contribution in [-0.4, -0.2) is 15.0 Å². The summed E-state index contributed by atoms with van der Waals surface area (Å²) in [5, 5.41) is 9.11. The smallest absolute Gasteiger partial charge is 0.265 e. The number of fused-ring (bicyclic) bond motifs is 1. The van der Waals surface area contributed by atoms with E-state index in [1.54, 1.807) is 18.5 Å². The minimum atomic E-state index is 0.344. The van der Waals surface area contributed by atoms with Crippen LogP contribution in [0, 0.1) is 11.3 Å². The number of hydrogen-bond acceptors (Lipinski definition) is 5. The van der Waals surface area contributed by atoms with Gasteiger partial charge in [0.2, 0.25) is 5.82 Å². The van der Waals surface area contributed by atoms with Gasteiger partial charge in [0.05, 0.1) is 17.3 Å². The average molecular weight is 316 g/mol. The maximum absolute atomic E-state index is 9.11. The van der Waals surface area contributed by atoms with E-state index in [1.807, 2.05) is 18.2 Å². The number of oxazole rings is 1. The molecule has 0 saturated heterocycles. The van der Waals surface area contributed by atoms with Crippen LogP contribution in [0.5, 0.6) is 0 Å². The number of benzene rings is 1. The highest BCUT2D eigenvalue weighted by Gasteiger charge is 2.24. The SMILES string of the molecule is N#Cc1cccc(C2CCCc3nc(-c4ncccn4)oc3C2)c1.